The van der Waals surface area contributed by atoms with Crippen LogP contribution in [0.25, 0.3) is 0 Å². The van der Waals surface area contributed by atoms with Crippen LogP contribution in [0.2, 0.25) is 0 Å². The zero-order chi connectivity index (χ0) is 18.4. The molecule has 2 aromatic heterocycles. The van der Waals surface area contributed by atoms with Crippen LogP contribution in [0.15, 0.2) is 76.5 Å². The third-order valence-electron chi connectivity index (χ3n) is 3.49. The molecule has 6 nitrogen and oxygen atoms in total. The van der Waals surface area contributed by atoms with Crippen LogP contribution >= 0.6 is 11.8 Å². The fourth-order valence-corrected chi connectivity index (χ4v) is 3.02. The molecule has 0 radical (unpaired) electrons. The Labute approximate surface area is 155 Å². The summed E-state index contributed by atoms with van der Waals surface area (Å²) in [5.74, 6) is -0.137. The lowest BCUT2D eigenvalue weighted by Crippen LogP contribution is -2.22. The maximum atomic E-state index is 12.2. The number of aromatic nitrogens is 1. The monoisotopic (exact) mass is 367 g/mol. The van der Waals surface area contributed by atoms with E-state index < -0.39 is 0 Å². The second-order valence-corrected chi connectivity index (χ2v) is 6.86. The molecule has 0 saturated heterocycles. The summed E-state index contributed by atoms with van der Waals surface area (Å²) in [6, 6.07) is 14.0. The predicted molar refractivity (Wildman–Crippen MR) is 101 cm³/mol. The molecule has 1 unspecified atom stereocenters. The van der Waals surface area contributed by atoms with Crippen LogP contribution in [-0.2, 0) is 4.79 Å². The average Bonchev–Trinajstić information content (AvgIpc) is 3.19. The third kappa shape index (κ3) is 4.73. The Morgan fingerprint density at radius 1 is 1.00 bits per heavy atom. The highest BCUT2D eigenvalue weighted by molar-refractivity contribution is 8.00. The van der Waals surface area contributed by atoms with Crippen molar-refractivity contribution in [2.45, 2.75) is 17.1 Å². The van der Waals surface area contributed by atoms with E-state index in [4.69, 9.17) is 4.42 Å². The normalized spacial score (nSPS) is 11.6. The minimum Gasteiger partial charge on any atom is -0.459 e. The van der Waals surface area contributed by atoms with Gasteiger partial charge in [-0.1, -0.05) is 0 Å². The van der Waals surface area contributed by atoms with Crippen LogP contribution in [0.3, 0.4) is 0 Å². The highest BCUT2D eigenvalue weighted by atomic mass is 32.2. The van der Waals surface area contributed by atoms with Gasteiger partial charge in [-0.25, -0.2) is 0 Å². The SMILES string of the molecule is CC(Sc1ccc(NC(=O)c2ccco2)cc1)C(=O)Nc1ccncc1. The first-order valence-electron chi connectivity index (χ1n) is 7.94. The second-order valence-electron chi connectivity index (χ2n) is 5.44. The number of rotatable bonds is 6. The number of benzene rings is 1. The fraction of sp³-hybridized carbons (Fsp3) is 0.105. The number of nitrogens with zero attached hydrogens (tertiary/aromatic N) is 1. The van der Waals surface area contributed by atoms with Gasteiger partial charge in [0.05, 0.1) is 11.5 Å². The molecule has 0 fully saturated rings. The summed E-state index contributed by atoms with van der Waals surface area (Å²) in [6.45, 7) is 1.84. The summed E-state index contributed by atoms with van der Waals surface area (Å²) in [5.41, 5.74) is 1.37. The molecule has 0 aliphatic heterocycles. The van der Waals surface area contributed by atoms with E-state index in [1.54, 1.807) is 48.8 Å². The standard InChI is InChI=1S/C19H17N3O3S/c1-13(18(23)21-15-8-10-20-11-9-15)26-16-6-4-14(5-7-16)22-19(24)17-3-2-12-25-17/h2-13H,1H3,(H,22,24)(H,20,21,23). The largest absolute Gasteiger partial charge is 0.459 e. The number of thioether (sulfide) groups is 1. The van der Waals surface area contributed by atoms with E-state index in [9.17, 15) is 9.59 Å². The van der Waals surface area contributed by atoms with Crippen LogP contribution in [0.1, 0.15) is 17.5 Å². The molecule has 2 amide bonds. The molecule has 7 heteroatoms. The van der Waals surface area contributed by atoms with Crippen molar-refractivity contribution < 1.29 is 14.0 Å². The Morgan fingerprint density at radius 3 is 2.35 bits per heavy atom. The molecule has 0 aliphatic carbocycles. The van der Waals surface area contributed by atoms with Gasteiger partial charge in [0.1, 0.15) is 0 Å². The van der Waals surface area contributed by atoms with Gasteiger partial charge >= 0.3 is 0 Å². The summed E-state index contributed by atoms with van der Waals surface area (Å²) >= 11 is 1.44. The molecule has 2 heterocycles. The molecule has 0 saturated carbocycles. The molecule has 0 spiro atoms. The zero-order valence-electron chi connectivity index (χ0n) is 14.0. The number of carbonyl (C=O) groups excluding carboxylic acids is 2. The van der Waals surface area contributed by atoms with Crippen molar-refractivity contribution >= 4 is 35.0 Å². The van der Waals surface area contributed by atoms with Gasteiger partial charge in [-0.3, -0.25) is 14.6 Å². The Morgan fingerprint density at radius 2 is 1.69 bits per heavy atom. The molecule has 0 aliphatic rings. The van der Waals surface area contributed by atoms with Gasteiger partial charge in [0.15, 0.2) is 5.76 Å². The van der Waals surface area contributed by atoms with Crippen molar-refractivity contribution in [1.29, 1.82) is 0 Å². The maximum Gasteiger partial charge on any atom is 0.291 e. The maximum absolute atomic E-state index is 12.2. The highest BCUT2D eigenvalue weighted by Gasteiger charge is 2.15. The number of hydrogen-bond acceptors (Lipinski definition) is 5. The average molecular weight is 367 g/mol. The van der Waals surface area contributed by atoms with Crippen molar-refractivity contribution in [2.24, 2.45) is 0 Å². The second kappa shape index (κ2) is 8.35. The number of carbonyl (C=O) groups is 2. The van der Waals surface area contributed by atoms with Gasteiger partial charge in [0.2, 0.25) is 5.91 Å². The molecule has 26 heavy (non-hydrogen) atoms. The van der Waals surface area contributed by atoms with Crippen molar-refractivity contribution in [3.8, 4) is 0 Å². The number of hydrogen-bond donors (Lipinski definition) is 2. The van der Waals surface area contributed by atoms with Crippen LogP contribution < -0.4 is 10.6 Å². The van der Waals surface area contributed by atoms with Crippen molar-refractivity contribution in [1.82, 2.24) is 4.98 Å². The molecular weight excluding hydrogens is 350 g/mol. The van der Waals surface area contributed by atoms with E-state index >= 15 is 0 Å². The Bertz CT molecular complexity index is 865. The summed E-state index contributed by atoms with van der Waals surface area (Å²) in [7, 11) is 0. The van der Waals surface area contributed by atoms with Gasteiger partial charge < -0.3 is 15.1 Å². The molecule has 2 N–H and O–H groups in total. The van der Waals surface area contributed by atoms with Gasteiger partial charge in [-0.15, -0.1) is 11.8 Å². The smallest absolute Gasteiger partial charge is 0.291 e. The van der Waals surface area contributed by atoms with E-state index in [0.29, 0.717) is 11.4 Å². The van der Waals surface area contributed by atoms with Crippen LogP contribution in [-0.4, -0.2) is 22.0 Å². The molecule has 1 aromatic carbocycles. The molecular formula is C19H17N3O3S. The van der Waals surface area contributed by atoms with Gasteiger partial charge in [-0.2, -0.15) is 0 Å². The Balaban J connectivity index is 1.55. The lowest BCUT2D eigenvalue weighted by molar-refractivity contribution is -0.115. The quantitative estimate of drug-likeness (QED) is 0.642. The third-order valence-corrected chi connectivity index (χ3v) is 4.60. The van der Waals surface area contributed by atoms with Crippen molar-refractivity contribution in [2.75, 3.05) is 10.6 Å². The van der Waals surface area contributed by atoms with Crippen molar-refractivity contribution in [3.05, 3.63) is 72.9 Å². The molecule has 3 aromatic rings. The number of pyridine rings is 1. The fourth-order valence-electron chi connectivity index (χ4n) is 2.15. The Hall–Kier alpha value is -3.06. The Kier molecular flexibility index (Phi) is 5.70. The molecule has 1 atom stereocenters. The predicted octanol–water partition coefficient (Wildman–Crippen LogP) is 4.05. The highest BCUT2D eigenvalue weighted by Crippen LogP contribution is 2.25. The summed E-state index contributed by atoms with van der Waals surface area (Å²) in [4.78, 5) is 29.0. The summed E-state index contributed by atoms with van der Waals surface area (Å²) in [5, 5.41) is 5.33. The molecule has 0 bridgehead atoms. The minimum atomic E-state index is -0.305. The molecule has 3 rings (SSSR count). The molecule has 132 valence electrons. The van der Waals surface area contributed by atoms with E-state index in [1.165, 1.54) is 18.0 Å². The lowest BCUT2D eigenvalue weighted by Gasteiger charge is -2.12. The number of anilines is 2. The topological polar surface area (TPSA) is 84.2 Å². The zero-order valence-corrected chi connectivity index (χ0v) is 14.8. The van der Waals surface area contributed by atoms with Crippen molar-refractivity contribution in [3.63, 3.8) is 0 Å². The first-order valence-corrected chi connectivity index (χ1v) is 8.82. The van der Waals surface area contributed by atoms with Gasteiger partial charge in [0, 0.05) is 28.7 Å². The number of amides is 2. The number of furan rings is 1. The van der Waals surface area contributed by atoms with Gasteiger partial charge in [0.25, 0.3) is 5.91 Å². The minimum absolute atomic E-state index is 0.0867. The van der Waals surface area contributed by atoms with E-state index in [1.807, 2.05) is 19.1 Å². The lowest BCUT2D eigenvalue weighted by atomic mass is 10.3. The van der Waals surface area contributed by atoms with Crippen LogP contribution in [0, 0.1) is 0 Å². The first-order chi connectivity index (χ1) is 12.6. The summed E-state index contributed by atoms with van der Waals surface area (Å²) in [6.07, 6.45) is 4.71. The van der Waals surface area contributed by atoms with Crippen LogP contribution in [0.5, 0.6) is 0 Å². The van der Waals surface area contributed by atoms with E-state index in [2.05, 4.69) is 15.6 Å². The van der Waals surface area contributed by atoms with E-state index in [0.717, 1.165) is 4.90 Å². The summed E-state index contributed by atoms with van der Waals surface area (Å²) < 4.78 is 5.05. The number of nitrogens with one attached hydrogen (secondary N) is 2. The van der Waals surface area contributed by atoms with Gasteiger partial charge in [-0.05, 0) is 55.5 Å². The first kappa shape index (κ1) is 17.8. The van der Waals surface area contributed by atoms with E-state index in [-0.39, 0.29) is 22.8 Å². The van der Waals surface area contributed by atoms with Crippen LogP contribution in [0.4, 0.5) is 11.4 Å².